The molecule has 128 valence electrons. The molecular formula is C13H19N3O7. The number of aliphatic hydroxyl groups is 3. The number of rotatable bonds is 4. The van der Waals surface area contributed by atoms with Gasteiger partial charge in [-0.15, -0.1) is 0 Å². The van der Waals surface area contributed by atoms with Crippen LogP contribution in [0.25, 0.3) is 0 Å². The van der Waals surface area contributed by atoms with Crippen LogP contribution < -0.4 is 11.0 Å². The molecule has 1 aliphatic rings. The molecule has 2 heterocycles. The summed E-state index contributed by atoms with van der Waals surface area (Å²) in [5.74, 6) is -0.0263. The summed E-state index contributed by atoms with van der Waals surface area (Å²) in [4.78, 5) is 27.0. The zero-order valence-electron chi connectivity index (χ0n) is 12.7. The number of aromatic nitrogens is 2. The van der Waals surface area contributed by atoms with Crippen LogP contribution in [0.3, 0.4) is 0 Å². The standard InChI is InChI=1S/C13H19N3O7/c1-3-22-12(20)15-8-4-5-16(11(19)14-8)10-13(2,21)9(18)7(6-17)23-10/h4-5,7,9-10,17-18,21H,3,6H2,1-2H3,(H,14,15,19,20)/t7-,9-,10-,13-/m1/s1. The fourth-order valence-corrected chi connectivity index (χ4v) is 2.32. The SMILES string of the molecule is CCOC(=O)Nc1ccn([C@@H]2O[C@H](CO)[C@@H](O)[C@@]2(C)O)c(=O)n1. The Balaban J connectivity index is 2.24. The van der Waals surface area contributed by atoms with Crippen LogP contribution in [0.1, 0.15) is 20.1 Å². The van der Waals surface area contributed by atoms with Gasteiger partial charge in [0.15, 0.2) is 6.23 Å². The van der Waals surface area contributed by atoms with Gasteiger partial charge in [0.1, 0.15) is 23.6 Å². The molecule has 1 amide bonds. The monoisotopic (exact) mass is 329 g/mol. The van der Waals surface area contributed by atoms with Crippen molar-refractivity contribution in [1.82, 2.24) is 9.55 Å². The molecule has 10 heteroatoms. The molecule has 0 unspecified atom stereocenters. The van der Waals surface area contributed by atoms with Crippen molar-refractivity contribution in [2.75, 3.05) is 18.5 Å². The van der Waals surface area contributed by atoms with Crippen LogP contribution in [0.2, 0.25) is 0 Å². The maximum absolute atomic E-state index is 12.1. The lowest BCUT2D eigenvalue weighted by Crippen LogP contribution is -2.46. The third-order valence-corrected chi connectivity index (χ3v) is 3.52. The minimum absolute atomic E-state index is 0.0263. The Morgan fingerprint density at radius 1 is 1.61 bits per heavy atom. The zero-order valence-corrected chi connectivity index (χ0v) is 12.7. The van der Waals surface area contributed by atoms with Crippen LogP contribution in [0, 0.1) is 0 Å². The first kappa shape index (κ1) is 17.3. The second-order valence-electron chi connectivity index (χ2n) is 5.23. The molecule has 0 saturated carbocycles. The highest BCUT2D eigenvalue weighted by atomic mass is 16.6. The van der Waals surface area contributed by atoms with Gasteiger partial charge in [0.05, 0.1) is 13.2 Å². The molecule has 4 N–H and O–H groups in total. The fraction of sp³-hybridized carbons (Fsp3) is 0.615. The van der Waals surface area contributed by atoms with Crippen molar-refractivity contribution < 1.29 is 29.6 Å². The van der Waals surface area contributed by atoms with E-state index >= 15 is 0 Å². The molecule has 4 atom stereocenters. The molecular weight excluding hydrogens is 310 g/mol. The molecule has 2 rings (SSSR count). The third-order valence-electron chi connectivity index (χ3n) is 3.52. The highest BCUT2D eigenvalue weighted by Crippen LogP contribution is 2.37. The lowest BCUT2D eigenvalue weighted by atomic mass is 9.96. The number of ether oxygens (including phenoxy) is 2. The highest BCUT2D eigenvalue weighted by Gasteiger charge is 2.53. The van der Waals surface area contributed by atoms with Gasteiger partial charge in [-0.3, -0.25) is 9.88 Å². The van der Waals surface area contributed by atoms with Crippen molar-refractivity contribution in [1.29, 1.82) is 0 Å². The summed E-state index contributed by atoms with van der Waals surface area (Å²) in [7, 11) is 0. The maximum Gasteiger partial charge on any atom is 0.412 e. The fourth-order valence-electron chi connectivity index (χ4n) is 2.32. The molecule has 0 radical (unpaired) electrons. The Kier molecular flexibility index (Phi) is 5.00. The van der Waals surface area contributed by atoms with Gasteiger partial charge in [-0.05, 0) is 19.9 Å². The Bertz CT molecular complexity index is 630. The summed E-state index contributed by atoms with van der Waals surface area (Å²) in [6.45, 7) is 2.57. The molecule has 0 aromatic carbocycles. The van der Waals surface area contributed by atoms with Crippen LogP contribution in [0.4, 0.5) is 10.6 Å². The van der Waals surface area contributed by atoms with Gasteiger partial charge in [-0.25, -0.2) is 9.59 Å². The summed E-state index contributed by atoms with van der Waals surface area (Å²) in [6.07, 6.45) is -3.13. The van der Waals surface area contributed by atoms with Gasteiger partial charge >= 0.3 is 11.8 Å². The number of amides is 1. The Hall–Kier alpha value is -2.01. The van der Waals surface area contributed by atoms with Gasteiger partial charge in [0.2, 0.25) is 0 Å². The van der Waals surface area contributed by atoms with Crippen molar-refractivity contribution >= 4 is 11.9 Å². The van der Waals surface area contributed by atoms with E-state index in [0.717, 1.165) is 4.57 Å². The van der Waals surface area contributed by atoms with Crippen LogP contribution >= 0.6 is 0 Å². The molecule has 23 heavy (non-hydrogen) atoms. The van der Waals surface area contributed by atoms with Gasteiger partial charge in [-0.2, -0.15) is 4.98 Å². The lowest BCUT2D eigenvalue weighted by Gasteiger charge is -2.27. The van der Waals surface area contributed by atoms with Crippen LogP contribution in [0.5, 0.6) is 0 Å². The summed E-state index contributed by atoms with van der Waals surface area (Å²) in [5.41, 5.74) is -2.61. The molecule has 1 aromatic heterocycles. The number of hydrogen-bond acceptors (Lipinski definition) is 8. The number of carbonyl (C=O) groups excluding carboxylic acids is 1. The van der Waals surface area contributed by atoms with Gasteiger partial charge in [-0.1, -0.05) is 0 Å². The Labute approximate surface area is 131 Å². The van der Waals surface area contributed by atoms with Gasteiger partial charge < -0.3 is 24.8 Å². The van der Waals surface area contributed by atoms with Crippen molar-refractivity contribution in [2.24, 2.45) is 0 Å². The smallest absolute Gasteiger partial charge is 0.412 e. The predicted molar refractivity (Wildman–Crippen MR) is 76.8 cm³/mol. The van der Waals surface area contributed by atoms with E-state index in [0.29, 0.717) is 0 Å². The topological polar surface area (TPSA) is 143 Å². The summed E-state index contributed by atoms with van der Waals surface area (Å²) >= 11 is 0. The molecule has 0 aliphatic carbocycles. The predicted octanol–water partition coefficient (Wildman–Crippen LogP) is -1.19. The van der Waals surface area contributed by atoms with Crippen molar-refractivity contribution in [3.8, 4) is 0 Å². The average Bonchev–Trinajstić information content (AvgIpc) is 2.70. The summed E-state index contributed by atoms with van der Waals surface area (Å²) < 4.78 is 11.0. The van der Waals surface area contributed by atoms with E-state index in [4.69, 9.17) is 9.84 Å². The lowest BCUT2D eigenvalue weighted by molar-refractivity contribution is -0.0986. The largest absolute Gasteiger partial charge is 0.450 e. The molecule has 10 nitrogen and oxygen atoms in total. The number of hydrogen-bond donors (Lipinski definition) is 4. The third kappa shape index (κ3) is 3.34. The first-order chi connectivity index (χ1) is 10.8. The minimum Gasteiger partial charge on any atom is -0.450 e. The second-order valence-corrected chi connectivity index (χ2v) is 5.23. The maximum atomic E-state index is 12.1. The van der Waals surface area contributed by atoms with E-state index in [-0.39, 0.29) is 12.4 Å². The van der Waals surface area contributed by atoms with Gasteiger partial charge in [0, 0.05) is 6.20 Å². The Morgan fingerprint density at radius 2 is 2.30 bits per heavy atom. The van der Waals surface area contributed by atoms with E-state index in [1.54, 1.807) is 6.92 Å². The number of aliphatic hydroxyl groups excluding tert-OH is 2. The summed E-state index contributed by atoms with van der Waals surface area (Å²) in [5, 5.41) is 31.7. The van der Waals surface area contributed by atoms with Crippen LogP contribution in [-0.4, -0.2) is 62.0 Å². The van der Waals surface area contributed by atoms with Crippen molar-refractivity contribution in [2.45, 2.75) is 37.9 Å². The van der Waals surface area contributed by atoms with Crippen LogP contribution in [-0.2, 0) is 9.47 Å². The second kappa shape index (κ2) is 6.62. The average molecular weight is 329 g/mol. The minimum atomic E-state index is -1.80. The summed E-state index contributed by atoms with van der Waals surface area (Å²) in [6, 6.07) is 1.32. The highest BCUT2D eigenvalue weighted by molar-refractivity contribution is 5.83. The molecule has 0 spiro atoms. The number of carbonyl (C=O) groups is 1. The van der Waals surface area contributed by atoms with E-state index in [1.807, 2.05) is 0 Å². The normalized spacial score (nSPS) is 30.2. The van der Waals surface area contributed by atoms with E-state index < -0.39 is 42.4 Å². The quantitative estimate of drug-likeness (QED) is 0.540. The van der Waals surface area contributed by atoms with E-state index in [9.17, 15) is 19.8 Å². The zero-order chi connectivity index (χ0) is 17.2. The van der Waals surface area contributed by atoms with Crippen molar-refractivity contribution in [3.63, 3.8) is 0 Å². The molecule has 1 fully saturated rings. The number of nitrogens with zero attached hydrogens (tertiary/aromatic N) is 2. The first-order valence-electron chi connectivity index (χ1n) is 7.01. The number of anilines is 1. The van der Waals surface area contributed by atoms with Crippen molar-refractivity contribution in [3.05, 3.63) is 22.7 Å². The molecule has 0 bridgehead atoms. The molecule has 1 aliphatic heterocycles. The Morgan fingerprint density at radius 3 is 2.83 bits per heavy atom. The van der Waals surface area contributed by atoms with Gasteiger partial charge in [0.25, 0.3) is 0 Å². The first-order valence-corrected chi connectivity index (χ1v) is 7.01. The van der Waals surface area contributed by atoms with Crippen LogP contribution in [0.15, 0.2) is 17.1 Å². The number of nitrogens with one attached hydrogen (secondary N) is 1. The van der Waals surface area contributed by atoms with E-state index in [2.05, 4.69) is 15.0 Å². The molecule has 1 aromatic rings. The van der Waals surface area contributed by atoms with E-state index in [1.165, 1.54) is 19.2 Å². The molecule has 1 saturated heterocycles.